The number of aromatic nitrogens is 3. The number of thiazole rings is 1. The van der Waals surface area contributed by atoms with E-state index in [1.807, 2.05) is 42.0 Å². The molecule has 142 valence electrons. The highest BCUT2D eigenvalue weighted by Gasteiger charge is 2.22. The number of ether oxygens (including phenoxy) is 1. The van der Waals surface area contributed by atoms with Gasteiger partial charge < -0.3 is 19.3 Å². The molecule has 0 unspecified atom stereocenters. The van der Waals surface area contributed by atoms with Crippen molar-refractivity contribution in [1.29, 1.82) is 0 Å². The van der Waals surface area contributed by atoms with Gasteiger partial charge in [-0.3, -0.25) is 0 Å². The Bertz CT molecular complexity index is 914. The van der Waals surface area contributed by atoms with Crippen LogP contribution in [0.5, 0.6) is 5.75 Å². The molecule has 0 radical (unpaired) electrons. The van der Waals surface area contributed by atoms with Crippen LogP contribution in [0.1, 0.15) is 25.8 Å². The smallest absolute Gasteiger partial charge is 0.185 e. The Morgan fingerprint density at radius 1 is 1.26 bits per heavy atom. The predicted octanol–water partition coefficient (Wildman–Crippen LogP) is 3.84. The Hall–Kier alpha value is -2.38. The zero-order valence-electron chi connectivity index (χ0n) is 15.6. The normalized spacial score (nSPS) is 15.3. The van der Waals surface area contributed by atoms with Crippen LogP contribution in [0, 0.1) is 0 Å². The summed E-state index contributed by atoms with van der Waals surface area (Å²) in [5, 5.41) is 10.8. The van der Waals surface area contributed by atoms with Gasteiger partial charge in [-0.05, 0) is 31.9 Å². The van der Waals surface area contributed by atoms with E-state index in [1.54, 1.807) is 24.8 Å². The maximum Gasteiger partial charge on any atom is 0.185 e. The largest absolute Gasteiger partial charge is 0.497 e. The van der Waals surface area contributed by atoms with Gasteiger partial charge in [0.25, 0.3) is 0 Å². The molecule has 0 amide bonds. The lowest BCUT2D eigenvalue weighted by molar-refractivity contribution is 0.239. The zero-order chi connectivity index (χ0) is 18.8. The first kappa shape index (κ1) is 18.0. The first-order valence-corrected chi connectivity index (χ1v) is 10.1. The van der Waals surface area contributed by atoms with E-state index in [-0.39, 0.29) is 12.6 Å². The number of methoxy groups -OCH3 is 1. The number of hydrogen-bond donors (Lipinski definition) is 1. The fourth-order valence-electron chi connectivity index (χ4n) is 3.44. The van der Waals surface area contributed by atoms with Gasteiger partial charge in [0.15, 0.2) is 5.13 Å². The molecule has 7 heteroatoms. The van der Waals surface area contributed by atoms with E-state index >= 15 is 0 Å². The summed E-state index contributed by atoms with van der Waals surface area (Å²) in [5.41, 5.74) is 2.86. The van der Waals surface area contributed by atoms with Crippen molar-refractivity contribution in [3.63, 3.8) is 0 Å². The van der Waals surface area contributed by atoms with E-state index in [9.17, 15) is 5.11 Å². The minimum absolute atomic E-state index is 0.0543. The molecule has 0 saturated carbocycles. The molecule has 4 rings (SSSR count). The predicted molar refractivity (Wildman–Crippen MR) is 109 cm³/mol. The van der Waals surface area contributed by atoms with E-state index < -0.39 is 0 Å². The summed E-state index contributed by atoms with van der Waals surface area (Å²) in [5.74, 6) is 0.797. The zero-order valence-corrected chi connectivity index (χ0v) is 16.4. The third kappa shape index (κ3) is 3.44. The molecule has 2 aromatic heterocycles. The Labute approximate surface area is 163 Å². The molecule has 1 N–H and O–H groups in total. The van der Waals surface area contributed by atoms with Crippen molar-refractivity contribution in [3.8, 4) is 27.6 Å². The summed E-state index contributed by atoms with van der Waals surface area (Å²) in [4.78, 5) is 12.7. The summed E-state index contributed by atoms with van der Waals surface area (Å²) in [6, 6.07) is 7.85. The Kier molecular flexibility index (Phi) is 5.13. The molecule has 1 aromatic carbocycles. The van der Waals surface area contributed by atoms with Gasteiger partial charge in [0.05, 0.1) is 42.4 Å². The van der Waals surface area contributed by atoms with E-state index in [2.05, 4.69) is 14.9 Å². The minimum Gasteiger partial charge on any atom is -0.497 e. The van der Waals surface area contributed by atoms with Gasteiger partial charge >= 0.3 is 0 Å². The van der Waals surface area contributed by atoms with Crippen LogP contribution in [0.2, 0.25) is 0 Å². The molecule has 1 aliphatic rings. The number of nitrogens with zero attached hydrogens (tertiary/aromatic N) is 4. The Balaban J connectivity index is 1.80. The van der Waals surface area contributed by atoms with E-state index in [0.29, 0.717) is 0 Å². The van der Waals surface area contributed by atoms with Crippen molar-refractivity contribution in [2.45, 2.75) is 25.8 Å². The lowest BCUT2D eigenvalue weighted by Gasteiger charge is -2.15. The molecule has 3 heterocycles. The topological polar surface area (TPSA) is 63.4 Å². The number of aliphatic hydroxyl groups is 1. The molecule has 0 bridgehead atoms. The van der Waals surface area contributed by atoms with Crippen LogP contribution in [0.15, 0.2) is 36.8 Å². The summed E-state index contributed by atoms with van der Waals surface area (Å²) in [6.07, 6.45) is 6.19. The average Bonchev–Trinajstić information content (AvgIpc) is 3.46. The van der Waals surface area contributed by atoms with Crippen LogP contribution in [-0.4, -0.2) is 46.4 Å². The second-order valence-corrected chi connectivity index (χ2v) is 7.82. The fraction of sp³-hybridized carbons (Fsp3) is 0.400. The first-order valence-electron chi connectivity index (χ1n) is 9.24. The monoisotopic (exact) mass is 384 g/mol. The molecular weight excluding hydrogens is 360 g/mol. The number of anilines is 1. The highest BCUT2D eigenvalue weighted by atomic mass is 32.1. The van der Waals surface area contributed by atoms with Gasteiger partial charge in [-0.1, -0.05) is 23.5 Å². The van der Waals surface area contributed by atoms with Gasteiger partial charge in [-0.25, -0.2) is 9.97 Å². The van der Waals surface area contributed by atoms with Gasteiger partial charge in [0, 0.05) is 24.8 Å². The average molecular weight is 385 g/mol. The minimum atomic E-state index is -0.0656. The third-order valence-corrected chi connectivity index (χ3v) is 6.04. The van der Waals surface area contributed by atoms with Gasteiger partial charge in [-0.15, -0.1) is 0 Å². The summed E-state index contributed by atoms with van der Waals surface area (Å²) in [7, 11) is 1.66. The molecule has 3 aromatic rings. The summed E-state index contributed by atoms with van der Waals surface area (Å²) >= 11 is 1.69. The Morgan fingerprint density at radius 3 is 2.81 bits per heavy atom. The maximum atomic E-state index is 9.71. The van der Waals surface area contributed by atoms with Crippen molar-refractivity contribution >= 4 is 16.5 Å². The number of rotatable bonds is 6. The highest BCUT2D eigenvalue weighted by Crippen LogP contribution is 2.39. The molecule has 0 aliphatic carbocycles. The SMILES string of the molecule is COc1cccc(-c2ncn([C@H](C)CO)c2-c2cnc(N3CCCC3)s2)c1. The van der Waals surface area contributed by atoms with Crippen molar-refractivity contribution < 1.29 is 9.84 Å². The van der Waals surface area contributed by atoms with Crippen molar-refractivity contribution in [2.75, 3.05) is 31.7 Å². The third-order valence-electron chi connectivity index (χ3n) is 4.98. The molecule has 6 nitrogen and oxygen atoms in total. The quantitative estimate of drug-likeness (QED) is 0.700. The van der Waals surface area contributed by atoms with Crippen LogP contribution in [0.25, 0.3) is 21.8 Å². The molecule has 1 aliphatic heterocycles. The van der Waals surface area contributed by atoms with Crippen LogP contribution >= 0.6 is 11.3 Å². The second kappa shape index (κ2) is 7.70. The molecule has 27 heavy (non-hydrogen) atoms. The van der Waals surface area contributed by atoms with Crippen molar-refractivity contribution in [2.24, 2.45) is 0 Å². The van der Waals surface area contributed by atoms with Crippen LogP contribution in [0.3, 0.4) is 0 Å². The molecule has 1 atom stereocenters. The van der Waals surface area contributed by atoms with Crippen molar-refractivity contribution in [1.82, 2.24) is 14.5 Å². The number of imidazole rings is 1. The number of aliphatic hydroxyl groups excluding tert-OH is 1. The van der Waals surface area contributed by atoms with E-state index in [4.69, 9.17) is 4.74 Å². The first-order chi connectivity index (χ1) is 13.2. The summed E-state index contributed by atoms with van der Waals surface area (Å²) < 4.78 is 7.42. The fourth-order valence-corrected chi connectivity index (χ4v) is 4.46. The number of benzene rings is 1. The lowest BCUT2D eigenvalue weighted by atomic mass is 10.1. The highest BCUT2D eigenvalue weighted by molar-refractivity contribution is 7.18. The molecular formula is C20H24N4O2S. The van der Waals surface area contributed by atoms with Crippen LogP contribution < -0.4 is 9.64 Å². The molecule has 0 spiro atoms. The second-order valence-electron chi connectivity index (χ2n) is 6.81. The molecule has 1 fully saturated rings. The lowest BCUT2D eigenvalue weighted by Crippen LogP contribution is -2.16. The standard InChI is InChI=1S/C20H24N4O2S/c1-14(12-25)24-13-22-18(15-6-5-7-16(10-15)26-2)19(24)17-11-21-20(27-17)23-8-3-4-9-23/h5-7,10-11,13-14,25H,3-4,8-9,12H2,1-2H3/t14-/m1/s1. The van der Waals surface area contributed by atoms with Gasteiger partial charge in [0.1, 0.15) is 5.75 Å². The maximum absolute atomic E-state index is 9.71. The van der Waals surface area contributed by atoms with Gasteiger partial charge in [-0.2, -0.15) is 0 Å². The van der Waals surface area contributed by atoms with Crippen molar-refractivity contribution in [3.05, 3.63) is 36.8 Å². The van der Waals surface area contributed by atoms with Crippen LogP contribution in [-0.2, 0) is 0 Å². The summed E-state index contributed by atoms with van der Waals surface area (Å²) in [6.45, 7) is 4.19. The van der Waals surface area contributed by atoms with E-state index in [1.165, 1.54) is 12.8 Å². The number of hydrogen-bond acceptors (Lipinski definition) is 6. The van der Waals surface area contributed by atoms with E-state index in [0.717, 1.165) is 45.8 Å². The van der Waals surface area contributed by atoms with Crippen LogP contribution in [0.4, 0.5) is 5.13 Å². The Morgan fingerprint density at radius 2 is 2.07 bits per heavy atom. The molecule has 1 saturated heterocycles. The van der Waals surface area contributed by atoms with Gasteiger partial charge in [0.2, 0.25) is 0 Å².